The largest absolute Gasteiger partial charge is 0.461 e. The first kappa shape index (κ1) is 15.4. The maximum absolute atomic E-state index is 11.5. The van der Waals surface area contributed by atoms with E-state index in [4.69, 9.17) is 9.47 Å². The second-order valence-electron chi connectivity index (χ2n) is 4.57. The van der Waals surface area contributed by atoms with E-state index in [1.165, 1.54) is 5.56 Å². The fourth-order valence-electron chi connectivity index (χ4n) is 1.73. The summed E-state index contributed by atoms with van der Waals surface area (Å²) < 4.78 is 10.5. The highest BCUT2D eigenvalue weighted by Gasteiger charge is 2.15. The summed E-state index contributed by atoms with van der Waals surface area (Å²) in [5.74, 6) is 0.724. The van der Waals surface area contributed by atoms with Gasteiger partial charge in [-0.05, 0) is 48.3 Å². The Labute approximate surface area is 127 Å². The molecular weight excluding hydrogens is 288 g/mol. The Balaban J connectivity index is 2.03. The third-order valence-electron chi connectivity index (χ3n) is 3.12. The number of nitrogens with zero attached hydrogens (tertiary/aromatic N) is 2. The topological polar surface area (TPSA) is 61.3 Å². The van der Waals surface area contributed by atoms with E-state index in [0.717, 1.165) is 17.8 Å². The molecule has 0 aliphatic carbocycles. The zero-order valence-corrected chi connectivity index (χ0v) is 13.1. The van der Waals surface area contributed by atoms with Gasteiger partial charge in [-0.25, -0.2) is 4.79 Å². The van der Waals surface area contributed by atoms with Crippen molar-refractivity contribution in [2.75, 3.05) is 6.61 Å². The lowest BCUT2D eigenvalue weighted by Gasteiger charge is -2.09. The quantitative estimate of drug-likeness (QED) is 0.754. The van der Waals surface area contributed by atoms with E-state index in [0.29, 0.717) is 23.5 Å². The van der Waals surface area contributed by atoms with Gasteiger partial charge in [0.1, 0.15) is 5.75 Å². The summed E-state index contributed by atoms with van der Waals surface area (Å²) >= 11 is 1.07. The molecule has 1 aromatic heterocycles. The van der Waals surface area contributed by atoms with Gasteiger partial charge in [-0.3, -0.25) is 0 Å². The van der Waals surface area contributed by atoms with E-state index >= 15 is 0 Å². The minimum atomic E-state index is -0.475. The number of ether oxygens (including phenoxy) is 2. The number of hydrogen-bond acceptors (Lipinski definition) is 6. The highest BCUT2D eigenvalue weighted by molar-refractivity contribution is 7.14. The van der Waals surface area contributed by atoms with Gasteiger partial charge in [-0.2, -0.15) is 0 Å². The summed E-state index contributed by atoms with van der Waals surface area (Å²) in [5.41, 5.74) is 1.27. The van der Waals surface area contributed by atoms with Crippen molar-refractivity contribution in [1.82, 2.24) is 10.2 Å². The van der Waals surface area contributed by atoms with E-state index in [1.807, 2.05) is 24.3 Å². The highest BCUT2D eigenvalue weighted by atomic mass is 32.1. The van der Waals surface area contributed by atoms with Crippen molar-refractivity contribution in [3.05, 3.63) is 34.8 Å². The first-order valence-electron chi connectivity index (χ1n) is 6.92. The van der Waals surface area contributed by atoms with E-state index in [2.05, 4.69) is 24.0 Å². The van der Waals surface area contributed by atoms with Gasteiger partial charge in [0.05, 0.1) is 6.61 Å². The van der Waals surface area contributed by atoms with E-state index in [9.17, 15) is 4.79 Å². The number of benzene rings is 1. The molecule has 0 fully saturated rings. The Kier molecular flexibility index (Phi) is 5.27. The van der Waals surface area contributed by atoms with Gasteiger partial charge in [-0.1, -0.05) is 31.1 Å². The summed E-state index contributed by atoms with van der Waals surface area (Å²) in [7, 11) is 0. The van der Waals surface area contributed by atoms with Crippen LogP contribution in [-0.4, -0.2) is 22.8 Å². The number of aromatic nitrogens is 2. The third-order valence-corrected chi connectivity index (χ3v) is 3.90. The number of hydrogen-bond donors (Lipinski definition) is 0. The lowest BCUT2D eigenvalue weighted by atomic mass is 9.99. The molecule has 2 rings (SSSR count). The predicted octanol–water partition coefficient (Wildman–Crippen LogP) is 4.02. The normalized spacial score (nSPS) is 12.0. The molecule has 0 bridgehead atoms. The van der Waals surface area contributed by atoms with Crippen LogP contribution in [0, 0.1) is 0 Å². The average molecular weight is 306 g/mol. The standard InChI is InChI=1S/C15H18N2O3S/c1-4-10(3)11-6-8-12(9-7-11)20-15-17-16-13(21-15)14(18)19-5-2/h6-10H,4-5H2,1-3H3. The highest BCUT2D eigenvalue weighted by Crippen LogP contribution is 2.27. The summed E-state index contributed by atoms with van der Waals surface area (Å²) in [6.45, 7) is 6.40. The van der Waals surface area contributed by atoms with Gasteiger partial charge in [0.2, 0.25) is 5.01 Å². The van der Waals surface area contributed by atoms with Gasteiger partial charge >= 0.3 is 5.97 Å². The predicted molar refractivity (Wildman–Crippen MR) is 81.1 cm³/mol. The Morgan fingerprint density at radius 3 is 2.57 bits per heavy atom. The molecule has 1 unspecified atom stereocenters. The molecule has 0 saturated heterocycles. The summed E-state index contributed by atoms with van der Waals surface area (Å²) in [5, 5.41) is 8.12. The van der Waals surface area contributed by atoms with Crippen LogP contribution < -0.4 is 4.74 Å². The third kappa shape index (κ3) is 4.01. The molecule has 0 spiro atoms. The van der Waals surface area contributed by atoms with E-state index in [1.54, 1.807) is 6.92 Å². The van der Waals surface area contributed by atoms with Crippen LogP contribution in [-0.2, 0) is 4.74 Å². The van der Waals surface area contributed by atoms with Crippen molar-refractivity contribution in [2.45, 2.75) is 33.1 Å². The van der Waals surface area contributed by atoms with E-state index in [-0.39, 0.29) is 5.01 Å². The fraction of sp³-hybridized carbons (Fsp3) is 0.400. The molecule has 6 heteroatoms. The van der Waals surface area contributed by atoms with Crippen molar-refractivity contribution >= 4 is 17.3 Å². The summed E-state index contributed by atoms with van der Waals surface area (Å²) in [4.78, 5) is 11.5. The number of carbonyl (C=O) groups excluding carboxylic acids is 1. The minimum absolute atomic E-state index is 0.197. The van der Waals surface area contributed by atoms with Crippen LogP contribution in [0.5, 0.6) is 10.9 Å². The second kappa shape index (κ2) is 7.17. The molecule has 21 heavy (non-hydrogen) atoms. The van der Waals surface area contributed by atoms with Crippen LogP contribution in [0.25, 0.3) is 0 Å². The van der Waals surface area contributed by atoms with Crippen molar-refractivity contribution in [2.24, 2.45) is 0 Å². The second-order valence-corrected chi connectivity index (χ2v) is 5.51. The van der Waals surface area contributed by atoms with Gasteiger partial charge < -0.3 is 9.47 Å². The van der Waals surface area contributed by atoms with Gasteiger partial charge in [-0.15, -0.1) is 5.10 Å². The summed E-state index contributed by atoms with van der Waals surface area (Å²) in [6, 6.07) is 7.87. The molecule has 0 amide bonds. The number of esters is 1. The first-order valence-corrected chi connectivity index (χ1v) is 7.74. The number of rotatable bonds is 6. The van der Waals surface area contributed by atoms with Crippen LogP contribution in [0.1, 0.15) is 48.5 Å². The molecule has 5 nitrogen and oxygen atoms in total. The Morgan fingerprint density at radius 1 is 1.24 bits per heavy atom. The van der Waals surface area contributed by atoms with Gasteiger partial charge in [0.15, 0.2) is 0 Å². The van der Waals surface area contributed by atoms with Crippen LogP contribution in [0.3, 0.4) is 0 Å². The molecule has 0 N–H and O–H groups in total. The molecule has 1 atom stereocenters. The van der Waals surface area contributed by atoms with Crippen molar-refractivity contribution < 1.29 is 14.3 Å². The molecule has 112 valence electrons. The molecule has 2 aromatic rings. The summed E-state index contributed by atoms with van der Waals surface area (Å²) in [6.07, 6.45) is 1.10. The smallest absolute Gasteiger partial charge is 0.369 e. The lowest BCUT2D eigenvalue weighted by molar-refractivity contribution is 0.0525. The number of carbonyl (C=O) groups is 1. The van der Waals surface area contributed by atoms with Crippen LogP contribution >= 0.6 is 11.3 Å². The van der Waals surface area contributed by atoms with Gasteiger partial charge in [0.25, 0.3) is 5.19 Å². The van der Waals surface area contributed by atoms with Crippen molar-refractivity contribution in [3.8, 4) is 10.9 Å². The van der Waals surface area contributed by atoms with Crippen molar-refractivity contribution in [1.29, 1.82) is 0 Å². The SMILES string of the molecule is CCOC(=O)c1nnc(Oc2ccc(C(C)CC)cc2)s1. The molecule has 0 saturated carbocycles. The zero-order chi connectivity index (χ0) is 15.2. The molecule has 1 heterocycles. The monoisotopic (exact) mass is 306 g/mol. The first-order chi connectivity index (χ1) is 10.1. The van der Waals surface area contributed by atoms with Gasteiger partial charge in [0, 0.05) is 0 Å². The Hall–Kier alpha value is -1.95. The molecule has 0 radical (unpaired) electrons. The molecule has 0 aliphatic heterocycles. The van der Waals surface area contributed by atoms with Crippen LogP contribution in [0.15, 0.2) is 24.3 Å². The molecule has 0 aliphatic rings. The zero-order valence-electron chi connectivity index (χ0n) is 12.3. The van der Waals surface area contributed by atoms with Crippen LogP contribution in [0.4, 0.5) is 0 Å². The average Bonchev–Trinajstić information content (AvgIpc) is 2.96. The fourth-order valence-corrected chi connectivity index (χ4v) is 2.34. The minimum Gasteiger partial charge on any atom is -0.461 e. The van der Waals surface area contributed by atoms with E-state index < -0.39 is 5.97 Å². The maximum Gasteiger partial charge on any atom is 0.369 e. The van der Waals surface area contributed by atoms with Crippen LogP contribution in [0.2, 0.25) is 0 Å². The Morgan fingerprint density at radius 2 is 1.95 bits per heavy atom. The maximum atomic E-state index is 11.5. The molecule has 1 aromatic carbocycles. The lowest BCUT2D eigenvalue weighted by Crippen LogP contribution is -2.03. The molecular formula is C15H18N2O3S. The van der Waals surface area contributed by atoms with Crippen molar-refractivity contribution in [3.63, 3.8) is 0 Å². The Bertz CT molecular complexity index is 595.